The fourth-order valence-electron chi connectivity index (χ4n) is 8.03. The summed E-state index contributed by atoms with van der Waals surface area (Å²) in [4.78, 5) is 15.8. The lowest BCUT2D eigenvalue weighted by atomic mass is 9.67. The number of hydrogen-bond acceptors (Lipinski definition) is 5. The second-order valence-corrected chi connectivity index (χ2v) is 16.0. The van der Waals surface area contributed by atoms with Crippen LogP contribution in [-0.2, 0) is 21.5 Å². The van der Waals surface area contributed by atoms with Crippen molar-refractivity contribution in [2.45, 2.75) is 70.3 Å². The molecule has 1 spiro atoms. The number of benzene rings is 2. The summed E-state index contributed by atoms with van der Waals surface area (Å²) in [5.74, 6) is 5.65. The maximum absolute atomic E-state index is 13.4. The van der Waals surface area contributed by atoms with Crippen molar-refractivity contribution >= 4 is 38.8 Å². The predicted molar refractivity (Wildman–Crippen MR) is 168 cm³/mol. The standard InChI is InChI=1S/C33H43ClN2O4S/c1-21-13-22(2)18-41(3,39)35-32(38)24-7-11-31-29(16-24)36(17-25-6-9-27(25)30(37)14-21)19-33(20-40-31)12-4-5-23-15-26(34)8-10-28(23)33/h7-8,10-11,15-16,21-22,25,27,30,37H,3-6,9,12-14,17-20H2,1-2H3,(H,35,38,39)/t21-,22-,25-,27+,30-,33-,41?/m0/s1. The molecule has 2 aliphatic heterocycles. The van der Waals surface area contributed by atoms with Gasteiger partial charge in [-0.15, -0.1) is 0 Å². The van der Waals surface area contributed by atoms with Gasteiger partial charge in [0.1, 0.15) is 5.75 Å². The SMILES string of the molecule is C=S1(=O)C[C@@H](C)C[C@H](C)C[C@H](O)[C@@H]2CC[C@H]2CN2C[C@@]3(CCCc4cc(Cl)ccc43)COc3ccc(cc32)C(=O)N1. The number of fused-ring (bicyclic) bond motifs is 4. The van der Waals surface area contributed by atoms with Crippen molar-refractivity contribution in [2.75, 3.05) is 30.3 Å². The van der Waals surface area contributed by atoms with Crippen LogP contribution < -0.4 is 14.4 Å². The highest BCUT2D eigenvalue weighted by Gasteiger charge is 2.44. The Kier molecular flexibility index (Phi) is 7.84. The average Bonchev–Trinajstić information content (AvgIpc) is 3.02. The molecule has 2 aromatic rings. The average molecular weight is 599 g/mol. The van der Waals surface area contributed by atoms with Crippen LogP contribution in [0.4, 0.5) is 5.69 Å². The van der Waals surface area contributed by atoms with Gasteiger partial charge in [-0.1, -0.05) is 31.5 Å². The molecule has 1 unspecified atom stereocenters. The smallest absolute Gasteiger partial charge is 0.262 e. The molecule has 7 atom stereocenters. The number of ether oxygens (including phenoxy) is 1. The van der Waals surface area contributed by atoms with Crippen molar-refractivity contribution in [3.8, 4) is 5.75 Å². The molecule has 41 heavy (non-hydrogen) atoms. The first kappa shape index (κ1) is 28.9. The van der Waals surface area contributed by atoms with Crippen molar-refractivity contribution < 1.29 is 18.8 Å². The lowest BCUT2D eigenvalue weighted by molar-refractivity contribution is 0.000594. The Morgan fingerprint density at radius 2 is 1.98 bits per heavy atom. The molecule has 6 nitrogen and oxygen atoms in total. The lowest BCUT2D eigenvalue weighted by Gasteiger charge is -2.46. The molecule has 0 aromatic heterocycles. The molecule has 1 amide bonds. The van der Waals surface area contributed by atoms with Gasteiger partial charge < -0.3 is 14.7 Å². The van der Waals surface area contributed by atoms with Crippen LogP contribution in [0.15, 0.2) is 36.4 Å². The van der Waals surface area contributed by atoms with Gasteiger partial charge in [0, 0.05) is 44.6 Å². The monoisotopic (exact) mass is 598 g/mol. The van der Waals surface area contributed by atoms with E-state index in [0.717, 1.165) is 74.5 Å². The molecule has 1 saturated carbocycles. The van der Waals surface area contributed by atoms with E-state index >= 15 is 0 Å². The van der Waals surface area contributed by atoms with Crippen molar-refractivity contribution in [3.05, 3.63) is 58.1 Å². The van der Waals surface area contributed by atoms with Gasteiger partial charge in [0.15, 0.2) is 0 Å². The topological polar surface area (TPSA) is 78.9 Å². The first-order chi connectivity index (χ1) is 19.5. The number of amides is 1. The second-order valence-electron chi connectivity index (χ2n) is 13.4. The molecule has 0 saturated heterocycles. The minimum atomic E-state index is -2.82. The number of hydrogen-bond donors (Lipinski definition) is 2. The van der Waals surface area contributed by atoms with Gasteiger partial charge in [-0.05, 0) is 116 Å². The third kappa shape index (κ3) is 5.87. The summed E-state index contributed by atoms with van der Waals surface area (Å²) in [6.07, 6.45) is 6.42. The van der Waals surface area contributed by atoms with Gasteiger partial charge in [-0.2, -0.15) is 0 Å². The zero-order valence-electron chi connectivity index (χ0n) is 24.2. The van der Waals surface area contributed by atoms with E-state index < -0.39 is 9.71 Å². The molecule has 2 N–H and O–H groups in total. The van der Waals surface area contributed by atoms with E-state index in [-0.39, 0.29) is 29.3 Å². The van der Waals surface area contributed by atoms with E-state index in [1.807, 2.05) is 18.2 Å². The summed E-state index contributed by atoms with van der Waals surface area (Å²) in [6, 6.07) is 11.8. The lowest BCUT2D eigenvalue weighted by Crippen LogP contribution is -2.49. The summed E-state index contributed by atoms with van der Waals surface area (Å²) in [5, 5.41) is 12.1. The van der Waals surface area contributed by atoms with Crippen molar-refractivity contribution in [1.82, 2.24) is 4.72 Å². The first-order valence-corrected chi connectivity index (χ1v) is 17.5. The molecule has 2 aliphatic carbocycles. The molecule has 2 bridgehead atoms. The van der Waals surface area contributed by atoms with Gasteiger partial charge in [0.25, 0.3) is 5.91 Å². The molecule has 2 aromatic carbocycles. The summed E-state index contributed by atoms with van der Waals surface area (Å²) in [6.45, 7) is 6.33. The van der Waals surface area contributed by atoms with Crippen LogP contribution in [0.25, 0.3) is 0 Å². The fourth-order valence-corrected chi connectivity index (χ4v) is 9.82. The fraction of sp³-hybridized carbons (Fsp3) is 0.576. The van der Waals surface area contributed by atoms with E-state index in [1.165, 1.54) is 11.1 Å². The normalized spacial score (nSPS) is 35.8. The Bertz CT molecular complexity index is 1430. The van der Waals surface area contributed by atoms with Crippen LogP contribution in [0.1, 0.15) is 73.9 Å². The Balaban J connectivity index is 1.41. The van der Waals surface area contributed by atoms with Gasteiger partial charge in [-0.3, -0.25) is 9.52 Å². The number of aliphatic hydroxyl groups is 1. The van der Waals surface area contributed by atoms with Gasteiger partial charge in [0.05, 0.1) is 18.4 Å². The third-order valence-corrected chi connectivity index (χ3v) is 11.9. The highest BCUT2D eigenvalue weighted by molar-refractivity contribution is 7.99. The Morgan fingerprint density at radius 3 is 2.76 bits per heavy atom. The van der Waals surface area contributed by atoms with Crippen LogP contribution in [0, 0.1) is 23.7 Å². The van der Waals surface area contributed by atoms with Crippen LogP contribution >= 0.6 is 11.6 Å². The van der Waals surface area contributed by atoms with Crippen LogP contribution in [-0.4, -0.2) is 52.6 Å². The summed E-state index contributed by atoms with van der Waals surface area (Å²) in [7, 11) is -2.82. The van der Waals surface area contributed by atoms with Gasteiger partial charge in [0.2, 0.25) is 0 Å². The molecule has 2 heterocycles. The molecule has 4 aliphatic rings. The van der Waals surface area contributed by atoms with E-state index in [4.69, 9.17) is 16.3 Å². The third-order valence-electron chi connectivity index (χ3n) is 10.0. The number of rotatable bonds is 0. The van der Waals surface area contributed by atoms with Crippen LogP contribution in [0.3, 0.4) is 0 Å². The number of nitrogens with one attached hydrogen (secondary N) is 1. The number of carbonyl (C=O) groups excluding carboxylic acids is 1. The molecule has 0 radical (unpaired) electrons. The largest absolute Gasteiger partial charge is 0.490 e. The summed E-state index contributed by atoms with van der Waals surface area (Å²) < 4.78 is 22.7. The highest BCUT2D eigenvalue weighted by Crippen LogP contribution is 2.47. The predicted octanol–water partition coefficient (Wildman–Crippen LogP) is 5.63. The molecular weight excluding hydrogens is 556 g/mol. The molecule has 8 heteroatoms. The molecular formula is C33H43ClN2O4S. The Hall–Kier alpha value is -2.22. The number of nitrogens with zero attached hydrogens (tertiary/aromatic N) is 1. The molecule has 1 fully saturated rings. The van der Waals surface area contributed by atoms with Crippen LogP contribution in [0.5, 0.6) is 5.75 Å². The van der Waals surface area contributed by atoms with E-state index in [0.29, 0.717) is 29.8 Å². The quantitative estimate of drug-likeness (QED) is 0.385. The van der Waals surface area contributed by atoms with Gasteiger partial charge in [-0.25, -0.2) is 4.21 Å². The Morgan fingerprint density at radius 1 is 1.15 bits per heavy atom. The zero-order chi connectivity index (χ0) is 28.9. The second kappa shape index (κ2) is 11.1. The van der Waals surface area contributed by atoms with Crippen LogP contribution in [0.2, 0.25) is 5.02 Å². The minimum Gasteiger partial charge on any atom is -0.490 e. The molecule has 6 rings (SSSR count). The summed E-state index contributed by atoms with van der Waals surface area (Å²) >= 11 is 6.40. The maximum Gasteiger partial charge on any atom is 0.262 e. The van der Waals surface area contributed by atoms with E-state index in [2.05, 4.69) is 41.5 Å². The van der Waals surface area contributed by atoms with E-state index in [1.54, 1.807) is 6.07 Å². The Labute approximate surface area is 249 Å². The number of anilines is 1. The number of aryl methyl sites for hydroxylation is 1. The van der Waals surface area contributed by atoms with Crippen molar-refractivity contribution in [2.24, 2.45) is 23.7 Å². The molecule has 222 valence electrons. The minimum absolute atomic E-state index is 0.118. The summed E-state index contributed by atoms with van der Waals surface area (Å²) in [5.41, 5.74) is 3.73. The zero-order valence-corrected chi connectivity index (χ0v) is 25.8. The van der Waals surface area contributed by atoms with Gasteiger partial charge >= 0.3 is 0 Å². The number of halogens is 1. The van der Waals surface area contributed by atoms with Crippen molar-refractivity contribution in [3.63, 3.8) is 0 Å². The highest BCUT2D eigenvalue weighted by atomic mass is 35.5. The first-order valence-electron chi connectivity index (χ1n) is 15.2. The van der Waals surface area contributed by atoms with E-state index in [9.17, 15) is 14.1 Å². The number of aliphatic hydroxyl groups excluding tert-OH is 1. The maximum atomic E-state index is 13.4. The van der Waals surface area contributed by atoms with Crippen molar-refractivity contribution in [1.29, 1.82) is 0 Å². The number of carbonyl (C=O) groups is 1.